The standard InChI is InChI=1S/C20H20N2O4/c23-18-5-2-10-22(18)13-14-6-8-16(9-7-14)20(26)21-17-4-1-3-15(11-17)12-19(24)25/h1,3-4,6-9,11H,2,5,10,12-13H2,(H,21,26)(H,24,25). The average Bonchev–Trinajstić information content (AvgIpc) is 3.00. The fraction of sp³-hybridized carbons (Fsp3) is 0.250. The van der Waals surface area contributed by atoms with Gasteiger partial charge in [0.15, 0.2) is 0 Å². The normalized spacial score (nSPS) is 13.7. The molecule has 1 aliphatic heterocycles. The molecule has 2 amide bonds. The monoisotopic (exact) mass is 352 g/mol. The number of hydrogen-bond donors (Lipinski definition) is 2. The highest BCUT2D eigenvalue weighted by Gasteiger charge is 2.20. The van der Waals surface area contributed by atoms with E-state index in [0.717, 1.165) is 18.5 Å². The SMILES string of the molecule is O=C(O)Cc1cccc(NC(=O)c2ccc(CN3CCCC3=O)cc2)c1. The van der Waals surface area contributed by atoms with E-state index in [9.17, 15) is 14.4 Å². The molecular formula is C20H20N2O4. The molecule has 1 fully saturated rings. The summed E-state index contributed by atoms with van der Waals surface area (Å²) in [7, 11) is 0. The maximum atomic E-state index is 12.4. The lowest BCUT2D eigenvalue weighted by molar-refractivity contribution is -0.136. The van der Waals surface area contributed by atoms with Crippen LogP contribution >= 0.6 is 0 Å². The molecule has 0 spiro atoms. The number of amides is 2. The van der Waals surface area contributed by atoms with Crippen molar-refractivity contribution in [2.24, 2.45) is 0 Å². The zero-order valence-corrected chi connectivity index (χ0v) is 14.3. The highest BCUT2D eigenvalue weighted by molar-refractivity contribution is 6.04. The molecule has 0 unspecified atom stereocenters. The van der Waals surface area contributed by atoms with Crippen LogP contribution in [0.2, 0.25) is 0 Å². The van der Waals surface area contributed by atoms with Crippen molar-refractivity contribution >= 4 is 23.5 Å². The molecule has 0 bridgehead atoms. The Labute approximate surface area is 151 Å². The number of benzene rings is 2. The van der Waals surface area contributed by atoms with Crippen LogP contribution in [0.25, 0.3) is 0 Å². The maximum absolute atomic E-state index is 12.4. The third-order valence-electron chi connectivity index (χ3n) is 4.30. The maximum Gasteiger partial charge on any atom is 0.307 e. The minimum absolute atomic E-state index is 0.0897. The van der Waals surface area contributed by atoms with Gasteiger partial charge < -0.3 is 15.3 Å². The molecule has 0 atom stereocenters. The van der Waals surface area contributed by atoms with Crippen LogP contribution in [0.5, 0.6) is 0 Å². The number of nitrogens with one attached hydrogen (secondary N) is 1. The molecular weight excluding hydrogens is 332 g/mol. The molecule has 26 heavy (non-hydrogen) atoms. The molecule has 1 saturated heterocycles. The molecule has 6 nitrogen and oxygen atoms in total. The topological polar surface area (TPSA) is 86.7 Å². The van der Waals surface area contributed by atoms with Gasteiger partial charge in [-0.15, -0.1) is 0 Å². The number of nitrogens with zero attached hydrogens (tertiary/aromatic N) is 1. The fourth-order valence-corrected chi connectivity index (χ4v) is 2.99. The van der Waals surface area contributed by atoms with E-state index < -0.39 is 5.97 Å². The first-order chi connectivity index (χ1) is 12.5. The summed E-state index contributed by atoms with van der Waals surface area (Å²) in [5.41, 5.74) is 2.67. The second-order valence-electron chi connectivity index (χ2n) is 6.34. The summed E-state index contributed by atoms with van der Waals surface area (Å²) < 4.78 is 0. The number of hydrogen-bond acceptors (Lipinski definition) is 3. The second kappa shape index (κ2) is 7.82. The third-order valence-corrected chi connectivity index (χ3v) is 4.30. The van der Waals surface area contributed by atoms with Gasteiger partial charge in [0.1, 0.15) is 0 Å². The molecule has 0 aromatic heterocycles. The molecule has 2 N–H and O–H groups in total. The molecule has 6 heteroatoms. The van der Waals surface area contributed by atoms with Crippen molar-refractivity contribution in [2.75, 3.05) is 11.9 Å². The number of anilines is 1. The summed E-state index contributed by atoms with van der Waals surface area (Å²) in [6, 6.07) is 13.9. The number of likely N-dealkylation sites (tertiary alicyclic amines) is 1. The molecule has 0 radical (unpaired) electrons. The van der Waals surface area contributed by atoms with Crippen LogP contribution < -0.4 is 5.32 Å². The molecule has 134 valence electrons. The van der Waals surface area contributed by atoms with E-state index >= 15 is 0 Å². The number of carboxylic acid groups (broad SMARTS) is 1. The van der Waals surface area contributed by atoms with Crippen molar-refractivity contribution in [3.8, 4) is 0 Å². The first-order valence-electron chi connectivity index (χ1n) is 8.50. The number of carboxylic acids is 1. The lowest BCUT2D eigenvalue weighted by Gasteiger charge is -2.15. The van der Waals surface area contributed by atoms with E-state index in [1.165, 1.54) is 0 Å². The van der Waals surface area contributed by atoms with Gasteiger partial charge in [0.05, 0.1) is 6.42 Å². The second-order valence-corrected chi connectivity index (χ2v) is 6.34. The Hall–Kier alpha value is -3.15. The van der Waals surface area contributed by atoms with Gasteiger partial charge in [0, 0.05) is 30.8 Å². The molecule has 2 aromatic carbocycles. The first-order valence-corrected chi connectivity index (χ1v) is 8.50. The van der Waals surface area contributed by atoms with Crippen molar-refractivity contribution in [2.45, 2.75) is 25.8 Å². The van der Waals surface area contributed by atoms with Gasteiger partial charge >= 0.3 is 5.97 Å². The Morgan fingerprint density at radius 2 is 1.85 bits per heavy atom. The largest absolute Gasteiger partial charge is 0.481 e. The molecule has 2 aromatic rings. The Kier molecular flexibility index (Phi) is 5.31. The summed E-state index contributed by atoms with van der Waals surface area (Å²) in [5.74, 6) is -1.00. The smallest absolute Gasteiger partial charge is 0.307 e. The quantitative estimate of drug-likeness (QED) is 0.837. The van der Waals surface area contributed by atoms with Crippen LogP contribution in [0.15, 0.2) is 48.5 Å². The Morgan fingerprint density at radius 3 is 2.50 bits per heavy atom. The highest BCUT2D eigenvalue weighted by Crippen LogP contribution is 2.16. The van der Waals surface area contributed by atoms with Crippen LogP contribution in [-0.2, 0) is 22.6 Å². The van der Waals surface area contributed by atoms with Crippen LogP contribution in [0.4, 0.5) is 5.69 Å². The van der Waals surface area contributed by atoms with Gasteiger partial charge in [0.25, 0.3) is 5.91 Å². The number of rotatable bonds is 6. The van der Waals surface area contributed by atoms with Crippen molar-refractivity contribution in [1.82, 2.24) is 4.90 Å². The predicted molar refractivity (Wildman–Crippen MR) is 96.8 cm³/mol. The van der Waals surface area contributed by atoms with Gasteiger partial charge in [-0.2, -0.15) is 0 Å². The van der Waals surface area contributed by atoms with Gasteiger partial charge in [-0.1, -0.05) is 24.3 Å². The zero-order valence-electron chi connectivity index (χ0n) is 14.3. The van der Waals surface area contributed by atoms with Crippen LogP contribution in [0.1, 0.15) is 34.3 Å². The van der Waals surface area contributed by atoms with E-state index in [0.29, 0.717) is 29.8 Å². The third kappa shape index (κ3) is 4.47. The summed E-state index contributed by atoms with van der Waals surface area (Å²) >= 11 is 0. The van der Waals surface area contributed by atoms with E-state index in [-0.39, 0.29) is 18.2 Å². The van der Waals surface area contributed by atoms with Gasteiger partial charge in [-0.3, -0.25) is 14.4 Å². The van der Waals surface area contributed by atoms with Crippen LogP contribution in [-0.4, -0.2) is 34.3 Å². The van der Waals surface area contributed by atoms with Gasteiger partial charge in [0.2, 0.25) is 5.91 Å². The van der Waals surface area contributed by atoms with Crippen molar-refractivity contribution < 1.29 is 19.5 Å². The van der Waals surface area contributed by atoms with Gasteiger partial charge in [-0.05, 0) is 41.8 Å². The van der Waals surface area contributed by atoms with Crippen LogP contribution in [0.3, 0.4) is 0 Å². The van der Waals surface area contributed by atoms with Crippen molar-refractivity contribution in [3.05, 3.63) is 65.2 Å². The van der Waals surface area contributed by atoms with E-state index in [1.807, 2.05) is 17.0 Å². The number of carbonyl (C=O) groups is 3. The predicted octanol–water partition coefficient (Wildman–Crippen LogP) is 2.69. The Bertz CT molecular complexity index is 830. The minimum atomic E-state index is -0.916. The molecule has 0 saturated carbocycles. The van der Waals surface area contributed by atoms with E-state index in [1.54, 1.807) is 36.4 Å². The van der Waals surface area contributed by atoms with Crippen LogP contribution in [0, 0.1) is 0 Å². The summed E-state index contributed by atoms with van der Waals surface area (Å²) in [4.78, 5) is 36.7. The summed E-state index contributed by atoms with van der Waals surface area (Å²) in [6.45, 7) is 1.35. The Morgan fingerprint density at radius 1 is 1.08 bits per heavy atom. The van der Waals surface area contributed by atoms with E-state index in [4.69, 9.17) is 5.11 Å². The zero-order chi connectivity index (χ0) is 18.5. The molecule has 0 aliphatic carbocycles. The van der Waals surface area contributed by atoms with Gasteiger partial charge in [-0.25, -0.2) is 0 Å². The molecule has 1 aliphatic rings. The Balaban J connectivity index is 1.63. The highest BCUT2D eigenvalue weighted by atomic mass is 16.4. The average molecular weight is 352 g/mol. The number of carbonyl (C=O) groups excluding carboxylic acids is 2. The summed E-state index contributed by atoms with van der Waals surface area (Å²) in [5, 5.41) is 11.6. The van der Waals surface area contributed by atoms with Crippen molar-refractivity contribution in [3.63, 3.8) is 0 Å². The van der Waals surface area contributed by atoms with E-state index in [2.05, 4.69) is 5.32 Å². The first kappa shape index (κ1) is 17.7. The minimum Gasteiger partial charge on any atom is -0.481 e. The lowest BCUT2D eigenvalue weighted by Crippen LogP contribution is -2.23. The summed E-state index contributed by atoms with van der Waals surface area (Å²) in [6.07, 6.45) is 1.43. The van der Waals surface area contributed by atoms with Crippen molar-refractivity contribution in [1.29, 1.82) is 0 Å². The molecule has 1 heterocycles. The molecule has 3 rings (SSSR count). The lowest BCUT2D eigenvalue weighted by atomic mass is 10.1. The number of aliphatic carboxylic acids is 1. The fourth-order valence-electron chi connectivity index (χ4n) is 2.99.